The fourth-order valence-electron chi connectivity index (χ4n) is 4.06. The van der Waals surface area contributed by atoms with Crippen molar-refractivity contribution in [1.82, 2.24) is 14.9 Å². The van der Waals surface area contributed by atoms with Crippen molar-refractivity contribution in [3.63, 3.8) is 0 Å². The van der Waals surface area contributed by atoms with E-state index >= 15 is 0 Å². The molecule has 1 amide bonds. The van der Waals surface area contributed by atoms with Crippen molar-refractivity contribution in [3.8, 4) is 5.75 Å². The molecule has 0 spiro atoms. The summed E-state index contributed by atoms with van der Waals surface area (Å²) in [6, 6.07) is 14.2. The SMILES string of the molecule is Cc1ccccc1Cn1nc(C)c(NC(=O)c2noc(C)c2COc2c(C)cccc2C)c1C. The maximum Gasteiger partial charge on any atom is 0.278 e. The second-order valence-corrected chi connectivity index (χ2v) is 8.66. The Labute approximate surface area is 199 Å². The lowest BCUT2D eigenvalue weighted by atomic mass is 10.1. The van der Waals surface area contributed by atoms with Gasteiger partial charge in [0.25, 0.3) is 5.91 Å². The van der Waals surface area contributed by atoms with E-state index in [1.807, 2.05) is 62.7 Å². The number of hydrogen-bond donors (Lipinski definition) is 1. The lowest BCUT2D eigenvalue weighted by molar-refractivity contribution is 0.101. The smallest absolute Gasteiger partial charge is 0.278 e. The highest BCUT2D eigenvalue weighted by molar-refractivity contribution is 6.04. The van der Waals surface area contributed by atoms with Crippen molar-refractivity contribution < 1.29 is 14.1 Å². The summed E-state index contributed by atoms with van der Waals surface area (Å²) in [5.74, 6) is 1.01. The topological polar surface area (TPSA) is 82.2 Å². The average Bonchev–Trinajstić information content (AvgIpc) is 3.29. The summed E-state index contributed by atoms with van der Waals surface area (Å²) in [5.41, 5.74) is 7.60. The summed E-state index contributed by atoms with van der Waals surface area (Å²) in [6.45, 7) is 12.5. The van der Waals surface area contributed by atoms with Crippen LogP contribution in [0.2, 0.25) is 0 Å². The number of ether oxygens (including phenoxy) is 1. The van der Waals surface area contributed by atoms with E-state index in [4.69, 9.17) is 9.26 Å². The van der Waals surface area contributed by atoms with Crippen LogP contribution in [0.1, 0.15) is 55.5 Å². The Kier molecular flexibility index (Phi) is 6.54. The van der Waals surface area contributed by atoms with Crippen LogP contribution in [0.5, 0.6) is 5.75 Å². The lowest BCUT2D eigenvalue weighted by Crippen LogP contribution is -2.16. The molecule has 0 saturated heterocycles. The normalized spacial score (nSPS) is 11.0. The number of nitrogens with one attached hydrogen (secondary N) is 1. The summed E-state index contributed by atoms with van der Waals surface area (Å²) >= 11 is 0. The molecule has 34 heavy (non-hydrogen) atoms. The highest BCUT2D eigenvalue weighted by Crippen LogP contribution is 2.26. The van der Waals surface area contributed by atoms with Gasteiger partial charge in [0, 0.05) is 0 Å². The molecule has 4 aromatic rings. The average molecular weight is 459 g/mol. The van der Waals surface area contributed by atoms with Gasteiger partial charge in [-0.15, -0.1) is 0 Å². The first-order valence-corrected chi connectivity index (χ1v) is 11.3. The molecule has 7 heteroatoms. The highest BCUT2D eigenvalue weighted by atomic mass is 16.5. The molecule has 0 radical (unpaired) electrons. The van der Waals surface area contributed by atoms with Gasteiger partial charge in [-0.05, 0) is 63.8 Å². The highest BCUT2D eigenvalue weighted by Gasteiger charge is 2.23. The maximum absolute atomic E-state index is 13.2. The van der Waals surface area contributed by atoms with Gasteiger partial charge >= 0.3 is 0 Å². The Hall–Kier alpha value is -3.87. The molecule has 0 saturated carbocycles. The van der Waals surface area contributed by atoms with Gasteiger partial charge in [0.2, 0.25) is 0 Å². The fraction of sp³-hybridized carbons (Fsp3) is 0.296. The molecule has 7 nitrogen and oxygen atoms in total. The monoisotopic (exact) mass is 458 g/mol. The van der Waals surface area contributed by atoms with E-state index in [9.17, 15) is 4.79 Å². The van der Waals surface area contributed by atoms with Crippen molar-refractivity contribution >= 4 is 11.6 Å². The van der Waals surface area contributed by atoms with Gasteiger partial charge in [-0.25, -0.2) is 0 Å². The summed E-state index contributed by atoms with van der Waals surface area (Å²) in [4.78, 5) is 13.2. The largest absolute Gasteiger partial charge is 0.488 e. The number of carbonyl (C=O) groups is 1. The molecule has 176 valence electrons. The summed E-state index contributed by atoms with van der Waals surface area (Å²) < 4.78 is 13.3. The molecule has 2 aromatic heterocycles. The summed E-state index contributed by atoms with van der Waals surface area (Å²) in [7, 11) is 0. The quantitative estimate of drug-likeness (QED) is 0.390. The molecule has 4 rings (SSSR count). The van der Waals surface area contributed by atoms with Crippen LogP contribution in [-0.4, -0.2) is 20.8 Å². The minimum atomic E-state index is -0.349. The Bertz CT molecular complexity index is 1330. The first-order valence-electron chi connectivity index (χ1n) is 11.3. The zero-order valence-electron chi connectivity index (χ0n) is 20.5. The molecular weight excluding hydrogens is 428 g/mol. The van der Waals surface area contributed by atoms with Gasteiger partial charge in [0.15, 0.2) is 5.69 Å². The van der Waals surface area contributed by atoms with Gasteiger partial charge in [0.1, 0.15) is 18.1 Å². The van der Waals surface area contributed by atoms with Gasteiger partial charge in [-0.3, -0.25) is 9.48 Å². The Balaban J connectivity index is 1.54. The van der Waals surface area contributed by atoms with Gasteiger partial charge in [0.05, 0.1) is 29.2 Å². The molecule has 0 unspecified atom stereocenters. The van der Waals surface area contributed by atoms with Crippen LogP contribution in [0.3, 0.4) is 0 Å². The molecular formula is C27H30N4O3. The maximum atomic E-state index is 13.2. The zero-order chi connectivity index (χ0) is 24.4. The second-order valence-electron chi connectivity index (χ2n) is 8.66. The molecule has 2 aromatic carbocycles. The number of hydrogen-bond acceptors (Lipinski definition) is 5. The lowest BCUT2D eigenvalue weighted by Gasteiger charge is -2.12. The van der Waals surface area contributed by atoms with E-state index in [-0.39, 0.29) is 18.2 Å². The number of aromatic nitrogens is 3. The Morgan fingerprint density at radius 1 is 0.971 bits per heavy atom. The van der Waals surface area contributed by atoms with Crippen molar-refractivity contribution in [2.75, 3.05) is 5.32 Å². The summed E-state index contributed by atoms with van der Waals surface area (Å²) in [6.07, 6.45) is 0. The molecule has 0 aliphatic rings. The van der Waals surface area contributed by atoms with Crippen molar-refractivity contribution in [2.45, 2.75) is 54.7 Å². The van der Waals surface area contributed by atoms with Crippen LogP contribution in [0.25, 0.3) is 0 Å². The van der Waals surface area contributed by atoms with Crippen LogP contribution in [0, 0.1) is 41.5 Å². The molecule has 0 fully saturated rings. The summed E-state index contributed by atoms with van der Waals surface area (Å²) in [5, 5.41) is 11.7. The number of para-hydroxylation sites is 1. The van der Waals surface area contributed by atoms with E-state index < -0.39 is 0 Å². The number of rotatable bonds is 7. The van der Waals surface area contributed by atoms with Crippen LogP contribution in [0.15, 0.2) is 47.0 Å². The fourth-order valence-corrected chi connectivity index (χ4v) is 4.06. The van der Waals surface area contributed by atoms with Crippen LogP contribution >= 0.6 is 0 Å². The molecule has 0 bridgehead atoms. The van der Waals surface area contributed by atoms with Crippen LogP contribution in [-0.2, 0) is 13.2 Å². The third-order valence-electron chi connectivity index (χ3n) is 6.17. The van der Waals surface area contributed by atoms with Crippen molar-refractivity contribution in [1.29, 1.82) is 0 Å². The number of anilines is 1. The van der Waals surface area contributed by atoms with Gasteiger partial charge < -0.3 is 14.6 Å². The van der Waals surface area contributed by atoms with E-state index in [0.29, 0.717) is 23.6 Å². The molecule has 2 heterocycles. The third kappa shape index (κ3) is 4.59. The minimum absolute atomic E-state index is 0.189. The van der Waals surface area contributed by atoms with Crippen LogP contribution < -0.4 is 10.1 Å². The second kappa shape index (κ2) is 9.55. The zero-order valence-corrected chi connectivity index (χ0v) is 20.5. The van der Waals surface area contributed by atoms with E-state index in [0.717, 1.165) is 28.3 Å². The first kappa shape index (κ1) is 23.3. The standard InChI is InChI=1S/C27H30N4O3/c1-16-10-7-8-13-22(16)14-31-20(5)24(19(4)29-31)28-27(32)25-23(21(6)34-30-25)15-33-26-17(2)11-9-12-18(26)3/h7-13H,14-15H2,1-6H3,(H,28,32). The van der Waals surface area contributed by atoms with Crippen LogP contribution in [0.4, 0.5) is 5.69 Å². The molecule has 0 atom stereocenters. The predicted molar refractivity (Wildman–Crippen MR) is 131 cm³/mol. The van der Waals surface area contributed by atoms with Gasteiger partial charge in [-0.1, -0.05) is 47.6 Å². The predicted octanol–water partition coefficient (Wildman–Crippen LogP) is 5.60. The van der Waals surface area contributed by atoms with Gasteiger partial charge in [-0.2, -0.15) is 5.10 Å². The molecule has 0 aliphatic heterocycles. The number of benzene rings is 2. The number of nitrogens with zero attached hydrogens (tertiary/aromatic N) is 3. The Morgan fingerprint density at radius 3 is 2.35 bits per heavy atom. The minimum Gasteiger partial charge on any atom is -0.488 e. The first-order chi connectivity index (χ1) is 16.3. The van der Waals surface area contributed by atoms with E-state index in [1.165, 1.54) is 11.1 Å². The number of amides is 1. The van der Waals surface area contributed by atoms with Crippen molar-refractivity contribution in [2.24, 2.45) is 0 Å². The van der Waals surface area contributed by atoms with E-state index in [1.54, 1.807) is 6.92 Å². The molecule has 1 N–H and O–H groups in total. The molecule has 0 aliphatic carbocycles. The van der Waals surface area contributed by atoms with E-state index in [2.05, 4.69) is 34.6 Å². The number of aryl methyl sites for hydroxylation is 5. The van der Waals surface area contributed by atoms with Crippen molar-refractivity contribution in [3.05, 3.63) is 93.1 Å². The third-order valence-corrected chi connectivity index (χ3v) is 6.17. The Morgan fingerprint density at radius 2 is 1.65 bits per heavy atom. The number of carbonyl (C=O) groups excluding carboxylic acids is 1.